The molecule has 4 heteroatoms. The van der Waals surface area contributed by atoms with Gasteiger partial charge in [0.05, 0.1) is 0 Å². The highest BCUT2D eigenvalue weighted by molar-refractivity contribution is 5.57. The van der Waals surface area contributed by atoms with Crippen molar-refractivity contribution in [3.63, 3.8) is 0 Å². The molecule has 112 valence electrons. The van der Waals surface area contributed by atoms with Crippen molar-refractivity contribution in [1.82, 2.24) is 0 Å². The summed E-state index contributed by atoms with van der Waals surface area (Å²) in [6.45, 7) is 5.82. The number of halogens is 1. The standard InChI is InChI=1S/C16H25FN2O/c1-11-8-16(14(12(2)18)9-15(11)17)19-6-3-4-13(10-19)5-7-20/h8-9,12-13,20H,3-7,10,18H2,1-2H3. The van der Waals surface area contributed by atoms with Crippen molar-refractivity contribution in [2.75, 3.05) is 24.6 Å². The monoisotopic (exact) mass is 280 g/mol. The molecule has 1 heterocycles. The molecule has 0 radical (unpaired) electrons. The molecular weight excluding hydrogens is 255 g/mol. The van der Waals surface area contributed by atoms with Gasteiger partial charge in [-0.25, -0.2) is 4.39 Å². The zero-order valence-electron chi connectivity index (χ0n) is 12.4. The molecule has 2 rings (SSSR count). The maximum atomic E-state index is 13.8. The van der Waals surface area contributed by atoms with Crippen LogP contribution in [0.15, 0.2) is 12.1 Å². The van der Waals surface area contributed by atoms with Crippen LogP contribution in [0.5, 0.6) is 0 Å². The van der Waals surface area contributed by atoms with E-state index in [9.17, 15) is 4.39 Å². The van der Waals surface area contributed by atoms with Gasteiger partial charge in [-0.3, -0.25) is 0 Å². The van der Waals surface area contributed by atoms with E-state index in [2.05, 4.69) is 4.90 Å². The van der Waals surface area contributed by atoms with Gasteiger partial charge >= 0.3 is 0 Å². The molecule has 1 aromatic carbocycles. The third-order valence-electron chi connectivity index (χ3n) is 4.20. The summed E-state index contributed by atoms with van der Waals surface area (Å²) in [6.07, 6.45) is 3.11. The molecule has 20 heavy (non-hydrogen) atoms. The molecule has 2 unspecified atom stereocenters. The summed E-state index contributed by atoms with van der Waals surface area (Å²) >= 11 is 0. The lowest BCUT2D eigenvalue weighted by molar-refractivity contribution is 0.244. The van der Waals surface area contributed by atoms with Gasteiger partial charge in [-0.15, -0.1) is 0 Å². The van der Waals surface area contributed by atoms with E-state index >= 15 is 0 Å². The fraction of sp³-hybridized carbons (Fsp3) is 0.625. The Morgan fingerprint density at radius 2 is 2.25 bits per heavy atom. The minimum absolute atomic E-state index is 0.182. The van der Waals surface area contributed by atoms with Crippen molar-refractivity contribution in [2.45, 2.75) is 39.2 Å². The summed E-state index contributed by atoms with van der Waals surface area (Å²) in [5.41, 5.74) is 8.59. The average Bonchev–Trinajstić information content (AvgIpc) is 2.42. The van der Waals surface area contributed by atoms with Gasteiger partial charge in [0.15, 0.2) is 0 Å². The first kappa shape index (κ1) is 15.3. The average molecular weight is 280 g/mol. The second kappa shape index (κ2) is 6.55. The molecule has 2 atom stereocenters. The summed E-state index contributed by atoms with van der Waals surface area (Å²) < 4.78 is 13.8. The van der Waals surface area contributed by atoms with E-state index in [0.717, 1.165) is 43.6 Å². The first-order valence-electron chi connectivity index (χ1n) is 7.44. The molecule has 0 aromatic heterocycles. The van der Waals surface area contributed by atoms with E-state index in [0.29, 0.717) is 11.5 Å². The van der Waals surface area contributed by atoms with E-state index in [1.807, 2.05) is 13.0 Å². The molecule has 0 saturated carbocycles. The smallest absolute Gasteiger partial charge is 0.126 e. The molecule has 0 amide bonds. The Morgan fingerprint density at radius 1 is 1.50 bits per heavy atom. The fourth-order valence-corrected chi connectivity index (χ4v) is 3.02. The summed E-state index contributed by atoms with van der Waals surface area (Å²) in [6, 6.07) is 3.30. The molecule has 1 fully saturated rings. The van der Waals surface area contributed by atoms with Crippen molar-refractivity contribution in [1.29, 1.82) is 0 Å². The molecule has 3 N–H and O–H groups in total. The number of piperidine rings is 1. The third-order valence-corrected chi connectivity index (χ3v) is 4.20. The molecule has 0 aliphatic carbocycles. The Labute approximate surface area is 120 Å². The summed E-state index contributed by atoms with van der Waals surface area (Å²) in [4.78, 5) is 2.30. The van der Waals surface area contributed by atoms with Crippen molar-refractivity contribution >= 4 is 5.69 Å². The maximum absolute atomic E-state index is 13.8. The summed E-state index contributed by atoms with van der Waals surface area (Å²) in [5, 5.41) is 9.11. The van der Waals surface area contributed by atoms with Crippen LogP contribution in [0, 0.1) is 18.7 Å². The van der Waals surface area contributed by atoms with E-state index in [-0.39, 0.29) is 18.5 Å². The number of aryl methyl sites for hydroxylation is 1. The molecule has 1 saturated heterocycles. The van der Waals surface area contributed by atoms with Crippen LogP contribution in [0.25, 0.3) is 0 Å². The number of anilines is 1. The Morgan fingerprint density at radius 3 is 2.90 bits per heavy atom. The highest BCUT2D eigenvalue weighted by Crippen LogP contribution is 2.32. The van der Waals surface area contributed by atoms with E-state index in [1.54, 1.807) is 13.0 Å². The Hall–Kier alpha value is -1.13. The Balaban J connectivity index is 2.28. The van der Waals surface area contributed by atoms with E-state index in [1.165, 1.54) is 0 Å². The number of nitrogens with two attached hydrogens (primary N) is 1. The predicted molar refractivity (Wildman–Crippen MR) is 80.4 cm³/mol. The van der Waals surface area contributed by atoms with Gasteiger partial charge in [0.1, 0.15) is 5.82 Å². The van der Waals surface area contributed by atoms with Crippen molar-refractivity contribution in [3.8, 4) is 0 Å². The summed E-state index contributed by atoms with van der Waals surface area (Å²) in [7, 11) is 0. The normalized spacial score (nSPS) is 21.1. The second-order valence-corrected chi connectivity index (χ2v) is 5.92. The molecule has 0 bridgehead atoms. The van der Waals surface area contributed by atoms with Crippen LogP contribution in [-0.4, -0.2) is 24.8 Å². The third kappa shape index (κ3) is 3.30. The molecule has 1 aliphatic heterocycles. The first-order chi connectivity index (χ1) is 9.52. The van der Waals surface area contributed by atoms with E-state index < -0.39 is 0 Å². The molecule has 1 aromatic rings. The van der Waals surface area contributed by atoms with Crippen molar-refractivity contribution < 1.29 is 9.50 Å². The van der Waals surface area contributed by atoms with Crippen LogP contribution in [0.2, 0.25) is 0 Å². The second-order valence-electron chi connectivity index (χ2n) is 5.92. The van der Waals surface area contributed by atoms with Gasteiger partial charge in [0, 0.05) is 31.4 Å². The number of nitrogens with zero attached hydrogens (tertiary/aromatic N) is 1. The van der Waals surface area contributed by atoms with Gasteiger partial charge in [0.25, 0.3) is 0 Å². The van der Waals surface area contributed by atoms with Gasteiger partial charge in [0.2, 0.25) is 0 Å². The van der Waals surface area contributed by atoms with Crippen molar-refractivity contribution in [2.24, 2.45) is 11.7 Å². The van der Waals surface area contributed by atoms with Gasteiger partial charge in [-0.05, 0) is 62.3 Å². The number of hydrogen-bond acceptors (Lipinski definition) is 3. The fourth-order valence-electron chi connectivity index (χ4n) is 3.02. The van der Waals surface area contributed by atoms with E-state index in [4.69, 9.17) is 10.8 Å². The van der Waals surface area contributed by atoms with Crippen LogP contribution >= 0.6 is 0 Å². The van der Waals surface area contributed by atoms with Crippen LogP contribution in [-0.2, 0) is 0 Å². The predicted octanol–water partition coefficient (Wildman–Crippen LogP) is 2.75. The SMILES string of the molecule is Cc1cc(N2CCCC(CCO)C2)c(C(C)N)cc1F. The van der Waals surface area contributed by atoms with Crippen molar-refractivity contribution in [3.05, 3.63) is 29.1 Å². The number of aliphatic hydroxyl groups excluding tert-OH is 1. The van der Waals surface area contributed by atoms with Crippen LogP contribution < -0.4 is 10.6 Å². The number of aliphatic hydroxyl groups is 1. The topological polar surface area (TPSA) is 49.5 Å². The largest absolute Gasteiger partial charge is 0.396 e. The van der Waals surface area contributed by atoms with Gasteiger partial charge in [-0.2, -0.15) is 0 Å². The molecule has 1 aliphatic rings. The molecule has 3 nitrogen and oxygen atoms in total. The zero-order valence-corrected chi connectivity index (χ0v) is 12.4. The lowest BCUT2D eigenvalue weighted by Crippen LogP contribution is -2.36. The van der Waals surface area contributed by atoms with Crippen LogP contribution in [0.3, 0.4) is 0 Å². The highest BCUT2D eigenvalue weighted by atomic mass is 19.1. The number of hydrogen-bond donors (Lipinski definition) is 2. The van der Waals surface area contributed by atoms with Gasteiger partial charge in [-0.1, -0.05) is 0 Å². The van der Waals surface area contributed by atoms with Gasteiger partial charge < -0.3 is 15.7 Å². The zero-order chi connectivity index (χ0) is 14.7. The quantitative estimate of drug-likeness (QED) is 0.891. The lowest BCUT2D eigenvalue weighted by atomic mass is 9.93. The molecule has 0 spiro atoms. The number of benzene rings is 1. The lowest BCUT2D eigenvalue weighted by Gasteiger charge is -2.36. The van der Waals surface area contributed by atoms with Crippen LogP contribution in [0.4, 0.5) is 10.1 Å². The minimum atomic E-state index is -0.190. The minimum Gasteiger partial charge on any atom is -0.396 e. The first-order valence-corrected chi connectivity index (χ1v) is 7.44. The van der Waals surface area contributed by atoms with Crippen LogP contribution in [0.1, 0.15) is 43.4 Å². The number of rotatable bonds is 4. The Bertz CT molecular complexity index is 460. The molecular formula is C16H25FN2O. The highest BCUT2D eigenvalue weighted by Gasteiger charge is 2.23. The maximum Gasteiger partial charge on any atom is 0.126 e. The Kier molecular flexibility index (Phi) is 5.00. The summed E-state index contributed by atoms with van der Waals surface area (Å²) in [5.74, 6) is 0.324.